The molecule has 0 radical (unpaired) electrons. The average Bonchev–Trinajstić information content (AvgIpc) is 2.48. The number of rotatable bonds is 5. The molecule has 0 atom stereocenters. The number of ether oxygens (including phenoxy) is 2. The number of hydrogen-bond acceptors (Lipinski definition) is 6. The molecule has 114 valence electrons. The normalized spacial score (nSPS) is 10.1. The minimum absolute atomic E-state index is 0.144. The van der Waals surface area contributed by atoms with E-state index in [0.29, 0.717) is 11.5 Å². The highest BCUT2D eigenvalue weighted by atomic mass is 16.6. The maximum atomic E-state index is 10.9. The SMILES string of the molecule is COc1ccc(Oc2ccc([N+](=O)[O-])c([N+](=O)[O-])c2)c(C)c1. The van der Waals surface area contributed by atoms with Gasteiger partial charge in [0.1, 0.15) is 17.2 Å². The summed E-state index contributed by atoms with van der Waals surface area (Å²) in [6.45, 7) is 1.79. The quantitative estimate of drug-likeness (QED) is 0.617. The van der Waals surface area contributed by atoms with Crippen LogP contribution in [-0.4, -0.2) is 17.0 Å². The monoisotopic (exact) mass is 304 g/mol. The van der Waals surface area contributed by atoms with E-state index in [-0.39, 0.29) is 5.75 Å². The van der Waals surface area contributed by atoms with Crippen molar-refractivity contribution in [3.8, 4) is 17.2 Å². The molecule has 22 heavy (non-hydrogen) atoms. The lowest BCUT2D eigenvalue weighted by Crippen LogP contribution is -1.97. The van der Waals surface area contributed by atoms with Gasteiger partial charge in [-0.25, -0.2) is 0 Å². The smallest absolute Gasteiger partial charge is 0.349 e. The van der Waals surface area contributed by atoms with Gasteiger partial charge in [0.25, 0.3) is 0 Å². The van der Waals surface area contributed by atoms with Crippen LogP contribution in [0.15, 0.2) is 36.4 Å². The van der Waals surface area contributed by atoms with E-state index in [9.17, 15) is 20.2 Å². The number of methoxy groups -OCH3 is 1. The Morgan fingerprint density at radius 1 is 0.909 bits per heavy atom. The number of nitro groups is 2. The standard InChI is InChI=1S/C14H12N2O6/c1-9-7-10(21-2)4-6-14(9)22-11-3-5-12(15(17)18)13(8-11)16(19)20/h3-8H,1-2H3. The molecule has 0 N–H and O–H groups in total. The molecular weight excluding hydrogens is 292 g/mol. The molecule has 0 heterocycles. The molecule has 2 rings (SSSR count). The Labute approximate surface area is 125 Å². The fourth-order valence-electron chi connectivity index (χ4n) is 1.86. The minimum Gasteiger partial charge on any atom is -0.497 e. The van der Waals surface area contributed by atoms with Gasteiger partial charge in [0, 0.05) is 6.07 Å². The lowest BCUT2D eigenvalue weighted by atomic mass is 10.2. The Kier molecular flexibility index (Phi) is 4.21. The van der Waals surface area contributed by atoms with Crippen LogP contribution in [0.2, 0.25) is 0 Å². The first-order valence-electron chi connectivity index (χ1n) is 6.17. The number of hydrogen-bond donors (Lipinski definition) is 0. The molecule has 0 bridgehead atoms. The van der Waals surface area contributed by atoms with Crippen LogP contribution in [0.25, 0.3) is 0 Å². The van der Waals surface area contributed by atoms with E-state index in [0.717, 1.165) is 17.7 Å². The third-order valence-electron chi connectivity index (χ3n) is 2.95. The van der Waals surface area contributed by atoms with Crippen molar-refractivity contribution in [2.24, 2.45) is 0 Å². The van der Waals surface area contributed by atoms with Crippen molar-refractivity contribution in [3.63, 3.8) is 0 Å². The third-order valence-corrected chi connectivity index (χ3v) is 2.95. The highest BCUT2D eigenvalue weighted by Crippen LogP contribution is 2.34. The Morgan fingerprint density at radius 3 is 2.09 bits per heavy atom. The first-order chi connectivity index (χ1) is 10.4. The molecule has 0 fully saturated rings. The van der Waals surface area contributed by atoms with E-state index >= 15 is 0 Å². The Morgan fingerprint density at radius 2 is 1.55 bits per heavy atom. The summed E-state index contributed by atoms with van der Waals surface area (Å²) in [4.78, 5) is 20.1. The van der Waals surface area contributed by atoms with Gasteiger partial charge in [-0.2, -0.15) is 0 Å². The summed E-state index contributed by atoms with van der Waals surface area (Å²) in [5, 5.41) is 21.7. The van der Waals surface area contributed by atoms with Crippen molar-refractivity contribution in [1.82, 2.24) is 0 Å². The summed E-state index contributed by atoms with van der Waals surface area (Å²) in [5.74, 6) is 1.27. The zero-order chi connectivity index (χ0) is 16.3. The second-order valence-electron chi connectivity index (χ2n) is 4.40. The second kappa shape index (κ2) is 6.08. The maximum Gasteiger partial charge on any atom is 0.349 e. The van der Waals surface area contributed by atoms with E-state index in [1.54, 1.807) is 25.1 Å². The van der Waals surface area contributed by atoms with Gasteiger partial charge in [-0.15, -0.1) is 0 Å². The largest absolute Gasteiger partial charge is 0.497 e. The molecule has 0 amide bonds. The van der Waals surface area contributed by atoms with Gasteiger partial charge in [-0.05, 0) is 36.8 Å². The van der Waals surface area contributed by atoms with Crippen LogP contribution < -0.4 is 9.47 Å². The summed E-state index contributed by atoms with van der Waals surface area (Å²) >= 11 is 0. The summed E-state index contributed by atoms with van der Waals surface area (Å²) in [5.41, 5.74) is -0.433. The van der Waals surface area contributed by atoms with Gasteiger partial charge in [0.2, 0.25) is 0 Å². The van der Waals surface area contributed by atoms with Crippen molar-refractivity contribution in [1.29, 1.82) is 0 Å². The summed E-state index contributed by atoms with van der Waals surface area (Å²) in [6, 6.07) is 8.47. The predicted molar refractivity (Wildman–Crippen MR) is 77.6 cm³/mol. The molecule has 0 saturated heterocycles. The van der Waals surface area contributed by atoms with E-state index in [2.05, 4.69) is 0 Å². The Bertz CT molecular complexity index is 744. The van der Waals surface area contributed by atoms with Crippen LogP contribution in [-0.2, 0) is 0 Å². The van der Waals surface area contributed by atoms with E-state index in [4.69, 9.17) is 9.47 Å². The van der Waals surface area contributed by atoms with Crippen LogP contribution in [0, 0.1) is 27.2 Å². The molecule has 0 aromatic heterocycles. The highest BCUT2D eigenvalue weighted by Gasteiger charge is 2.24. The van der Waals surface area contributed by atoms with Crippen LogP contribution in [0.1, 0.15) is 5.56 Å². The Hall–Kier alpha value is -3.16. The first kappa shape index (κ1) is 15.2. The fourth-order valence-corrected chi connectivity index (χ4v) is 1.86. The van der Waals surface area contributed by atoms with E-state index < -0.39 is 21.2 Å². The lowest BCUT2D eigenvalue weighted by molar-refractivity contribution is -0.422. The molecular formula is C14H12N2O6. The summed E-state index contributed by atoms with van der Waals surface area (Å²) in [6.07, 6.45) is 0. The van der Waals surface area contributed by atoms with E-state index in [1.165, 1.54) is 13.2 Å². The van der Waals surface area contributed by atoms with Gasteiger partial charge in [-0.1, -0.05) is 0 Å². The lowest BCUT2D eigenvalue weighted by Gasteiger charge is -2.10. The maximum absolute atomic E-state index is 10.9. The topological polar surface area (TPSA) is 105 Å². The van der Waals surface area contributed by atoms with Gasteiger partial charge in [-0.3, -0.25) is 20.2 Å². The molecule has 0 unspecified atom stereocenters. The molecule has 0 aliphatic heterocycles. The molecule has 0 aliphatic rings. The highest BCUT2D eigenvalue weighted by molar-refractivity contribution is 5.56. The van der Waals surface area contributed by atoms with Crippen molar-refractivity contribution in [2.75, 3.05) is 7.11 Å². The molecule has 0 spiro atoms. The zero-order valence-corrected chi connectivity index (χ0v) is 11.8. The third kappa shape index (κ3) is 3.11. The summed E-state index contributed by atoms with van der Waals surface area (Å²) in [7, 11) is 1.54. The van der Waals surface area contributed by atoms with Crippen molar-refractivity contribution >= 4 is 11.4 Å². The van der Waals surface area contributed by atoms with Gasteiger partial charge in [0.05, 0.1) is 23.0 Å². The molecule has 2 aromatic carbocycles. The molecule has 0 aliphatic carbocycles. The first-order valence-corrected chi connectivity index (χ1v) is 6.17. The predicted octanol–water partition coefficient (Wildman–Crippen LogP) is 3.61. The summed E-state index contributed by atoms with van der Waals surface area (Å²) < 4.78 is 10.6. The van der Waals surface area contributed by atoms with Crippen LogP contribution in [0.3, 0.4) is 0 Å². The van der Waals surface area contributed by atoms with Crippen molar-refractivity contribution in [3.05, 3.63) is 62.2 Å². The minimum atomic E-state index is -0.814. The van der Waals surface area contributed by atoms with Gasteiger partial charge >= 0.3 is 11.4 Å². The van der Waals surface area contributed by atoms with Crippen LogP contribution >= 0.6 is 0 Å². The van der Waals surface area contributed by atoms with Crippen molar-refractivity contribution < 1.29 is 19.3 Å². The molecule has 0 saturated carbocycles. The zero-order valence-electron chi connectivity index (χ0n) is 11.8. The number of nitrogens with zero attached hydrogens (tertiary/aromatic N) is 2. The van der Waals surface area contributed by atoms with Gasteiger partial charge in [0.15, 0.2) is 0 Å². The van der Waals surface area contributed by atoms with E-state index in [1.807, 2.05) is 0 Å². The number of nitro benzene ring substituents is 2. The number of aryl methyl sites for hydroxylation is 1. The number of benzene rings is 2. The molecule has 2 aromatic rings. The van der Waals surface area contributed by atoms with Crippen molar-refractivity contribution in [2.45, 2.75) is 6.92 Å². The molecule has 8 nitrogen and oxygen atoms in total. The Balaban J connectivity index is 2.36. The van der Waals surface area contributed by atoms with Gasteiger partial charge < -0.3 is 9.47 Å². The fraction of sp³-hybridized carbons (Fsp3) is 0.143. The second-order valence-corrected chi connectivity index (χ2v) is 4.40. The average molecular weight is 304 g/mol. The molecule has 8 heteroatoms. The van der Waals surface area contributed by atoms with Crippen LogP contribution in [0.4, 0.5) is 11.4 Å². The van der Waals surface area contributed by atoms with Crippen LogP contribution in [0.5, 0.6) is 17.2 Å².